The summed E-state index contributed by atoms with van der Waals surface area (Å²) in [5.41, 5.74) is 6.78. The van der Waals surface area contributed by atoms with Crippen molar-refractivity contribution in [1.82, 2.24) is 16.0 Å². The van der Waals surface area contributed by atoms with Crippen LogP contribution in [-0.4, -0.2) is 77.0 Å². The van der Waals surface area contributed by atoms with E-state index in [1.807, 2.05) is 56.7 Å². The number of carbonyl (C=O) groups excluding carboxylic acids is 3. The van der Waals surface area contributed by atoms with Gasteiger partial charge in [-0.05, 0) is 54.8 Å². The molecule has 0 aliphatic carbocycles. The molecule has 0 radical (unpaired) electrons. The number of carboxylic acid groups (broad SMARTS) is 1. The van der Waals surface area contributed by atoms with Crippen molar-refractivity contribution in [2.75, 3.05) is 24.0 Å². The fourth-order valence-electron chi connectivity index (χ4n) is 3.46. The van der Waals surface area contributed by atoms with Gasteiger partial charge in [0.2, 0.25) is 17.7 Å². The van der Waals surface area contributed by atoms with Crippen molar-refractivity contribution in [3.8, 4) is 0 Å². The van der Waals surface area contributed by atoms with E-state index in [0.717, 1.165) is 11.3 Å². The Balaban J connectivity index is 3.07. The SMILES string of the molecule is CSCCC(N)C(=O)NC(CCSC)C(=O)NC(Cc1ccccc1)C(=O)NC(CC(C)C)C(=O)O. The lowest BCUT2D eigenvalue weighted by Gasteiger charge is -2.25. The topological polar surface area (TPSA) is 151 Å². The summed E-state index contributed by atoms with van der Waals surface area (Å²) in [6, 6.07) is 5.43. The Labute approximate surface area is 222 Å². The summed E-state index contributed by atoms with van der Waals surface area (Å²) < 4.78 is 0. The molecule has 202 valence electrons. The van der Waals surface area contributed by atoms with Crippen molar-refractivity contribution >= 4 is 47.2 Å². The second kappa shape index (κ2) is 17.3. The van der Waals surface area contributed by atoms with E-state index < -0.39 is 47.9 Å². The molecule has 0 aliphatic heterocycles. The van der Waals surface area contributed by atoms with E-state index in [4.69, 9.17) is 5.73 Å². The lowest BCUT2D eigenvalue weighted by atomic mass is 10.0. The molecule has 1 aromatic rings. The maximum absolute atomic E-state index is 13.2. The molecule has 0 saturated carbocycles. The Morgan fingerprint density at radius 1 is 0.833 bits per heavy atom. The second-order valence-corrected chi connectivity index (χ2v) is 11.0. The molecule has 0 bridgehead atoms. The average molecular weight is 541 g/mol. The lowest BCUT2D eigenvalue weighted by molar-refractivity contribution is -0.142. The summed E-state index contributed by atoms with van der Waals surface area (Å²) in [4.78, 5) is 50.7. The van der Waals surface area contributed by atoms with Crippen LogP contribution in [0.2, 0.25) is 0 Å². The molecule has 4 unspecified atom stereocenters. The molecule has 0 aliphatic rings. The zero-order valence-corrected chi connectivity index (χ0v) is 23.1. The third-order valence-corrected chi connectivity index (χ3v) is 6.74. The van der Waals surface area contributed by atoms with Gasteiger partial charge >= 0.3 is 5.97 Å². The molecule has 1 aromatic carbocycles. The van der Waals surface area contributed by atoms with Gasteiger partial charge in [0.15, 0.2) is 0 Å². The molecular weight excluding hydrogens is 500 g/mol. The van der Waals surface area contributed by atoms with Crippen molar-refractivity contribution in [3.05, 3.63) is 35.9 Å². The summed E-state index contributed by atoms with van der Waals surface area (Å²) in [6.45, 7) is 3.74. The molecule has 6 N–H and O–H groups in total. The first-order valence-corrected chi connectivity index (χ1v) is 14.8. The van der Waals surface area contributed by atoms with Crippen LogP contribution in [0.4, 0.5) is 0 Å². The highest BCUT2D eigenvalue weighted by Gasteiger charge is 2.30. The summed E-state index contributed by atoms with van der Waals surface area (Å²) in [7, 11) is 0. The zero-order valence-electron chi connectivity index (χ0n) is 21.5. The zero-order chi connectivity index (χ0) is 27.1. The van der Waals surface area contributed by atoms with Crippen molar-refractivity contribution in [2.45, 2.75) is 63.7 Å². The number of carboxylic acids is 1. The van der Waals surface area contributed by atoms with Gasteiger partial charge in [0.05, 0.1) is 6.04 Å². The third kappa shape index (κ3) is 12.1. The molecule has 3 amide bonds. The monoisotopic (exact) mass is 540 g/mol. The Bertz CT molecular complexity index is 841. The minimum atomic E-state index is -1.13. The van der Waals surface area contributed by atoms with Crippen LogP contribution in [0, 0.1) is 5.92 Å². The van der Waals surface area contributed by atoms with Gasteiger partial charge in [-0.2, -0.15) is 23.5 Å². The van der Waals surface area contributed by atoms with Gasteiger partial charge < -0.3 is 26.8 Å². The van der Waals surface area contributed by atoms with Crippen LogP contribution in [0.15, 0.2) is 30.3 Å². The molecular formula is C25H40N4O5S2. The van der Waals surface area contributed by atoms with Crippen LogP contribution in [0.25, 0.3) is 0 Å². The number of hydrogen-bond donors (Lipinski definition) is 5. The van der Waals surface area contributed by atoms with Gasteiger partial charge in [-0.25, -0.2) is 4.79 Å². The number of aliphatic carboxylic acids is 1. The van der Waals surface area contributed by atoms with E-state index in [1.165, 1.54) is 11.8 Å². The smallest absolute Gasteiger partial charge is 0.326 e. The van der Waals surface area contributed by atoms with Gasteiger partial charge in [-0.1, -0.05) is 44.2 Å². The average Bonchev–Trinajstić information content (AvgIpc) is 2.84. The van der Waals surface area contributed by atoms with Crippen LogP contribution in [0.1, 0.15) is 38.7 Å². The molecule has 0 aromatic heterocycles. The van der Waals surface area contributed by atoms with E-state index in [9.17, 15) is 24.3 Å². The molecule has 11 heteroatoms. The number of hydrogen-bond acceptors (Lipinski definition) is 7. The van der Waals surface area contributed by atoms with Gasteiger partial charge in [-0.3, -0.25) is 14.4 Å². The van der Waals surface area contributed by atoms with E-state index in [1.54, 1.807) is 11.8 Å². The first-order chi connectivity index (χ1) is 17.1. The molecule has 1 rings (SSSR count). The van der Waals surface area contributed by atoms with Crippen LogP contribution in [0.5, 0.6) is 0 Å². The molecule has 0 spiro atoms. The van der Waals surface area contributed by atoms with Gasteiger partial charge in [-0.15, -0.1) is 0 Å². The molecule has 4 atom stereocenters. The van der Waals surface area contributed by atoms with Crippen molar-refractivity contribution in [2.24, 2.45) is 11.7 Å². The number of nitrogens with one attached hydrogen (secondary N) is 3. The molecule has 0 fully saturated rings. The number of thioether (sulfide) groups is 2. The number of carbonyl (C=O) groups is 4. The number of amides is 3. The fourth-order valence-corrected chi connectivity index (χ4v) is 4.42. The van der Waals surface area contributed by atoms with E-state index in [-0.39, 0.29) is 18.8 Å². The van der Waals surface area contributed by atoms with Gasteiger partial charge in [0.1, 0.15) is 18.1 Å². The van der Waals surface area contributed by atoms with Crippen LogP contribution >= 0.6 is 23.5 Å². The van der Waals surface area contributed by atoms with Gasteiger partial charge in [0.25, 0.3) is 0 Å². The largest absolute Gasteiger partial charge is 0.480 e. The molecule has 9 nitrogen and oxygen atoms in total. The lowest BCUT2D eigenvalue weighted by Crippen LogP contribution is -2.57. The van der Waals surface area contributed by atoms with Crippen molar-refractivity contribution in [3.63, 3.8) is 0 Å². The van der Waals surface area contributed by atoms with Gasteiger partial charge in [0, 0.05) is 6.42 Å². The maximum atomic E-state index is 13.2. The van der Waals surface area contributed by atoms with E-state index in [2.05, 4.69) is 16.0 Å². The first-order valence-electron chi connectivity index (χ1n) is 12.0. The number of nitrogens with two attached hydrogens (primary N) is 1. The predicted molar refractivity (Wildman–Crippen MR) is 147 cm³/mol. The number of benzene rings is 1. The minimum Gasteiger partial charge on any atom is -0.480 e. The maximum Gasteiger partial charge on any atom is 0.326 e. The van der Waals surface area contributed by atoms with Crippen LogP contribution in [0.3, 0.4) is 0 Å². The van der Waals surface area contributed by atoms with Crippen molar-refractivity contribution in [1.29, 1.82) is 0 Å². The highest BCUT2D eigenvalue weighted by molar-refractivity contribution is 7.98. The number of rotatable bonds is 17. The third-order valence-electron chi connectivity index (χ3n) is 5.45. The predicted octanol–water partition coefficient (Wildman–Crippen LogP) is 1.65. The Morgan fingerprint density at radius 3 is 1.92 bits per heavy atom. The fraction of sp³-hybridized carbons (Fsp3) is 0.600. The van der Waals surface area contributed by atoms with Crippen molar-refractivity contribution < 1.29 is 24.3 Å². The first kappa shape index (κ1) is 31.8. The molecule has 36 heavy (non-hydrogen) atoms. The van der Waals surface area contributed by atoms with E-state index in [0.29, 0.717) is 18.6 Å². The standard InChI is InChI=1S/C25H40N4O5S2/c1-16(2)14-21(25(33)34)29-24(32)20(15-17-8-6-5-7-9-17)28-23(31)19(11-13-36-4)27-22(30)18(26)10-12-35-3/h5-9,16,18-21H,10-15,26H2,1-4H3,(H,27,30)(H,28,31)(H,29,32)(H,33,34). The summed E-state index contributed by atoms with van der Waals surface area (Å²) in [5.74, 6) is -1.27. The quantitative estimate of drug-likeness (QED) is 0.200. The van der Waals surface area contributed by atoms with Crippen LogP contribution < -0.4 is 21.7 Å². The van der Waals surface area contributed by atoms with Crippen LogP contribution in [-0.2, 0) is 25.6 Å². The summed E-state index contributed by atoms with van der Waals surface area (Å²) >= 11 is 3.11. The summed E-state index contributed by atoms with van der Waals surface area (Å²) in [6.07, 6.45) is 5.09. The van der Waals surface area contributed by atoms with E-state index >= 15 is 0 Å². The molecule has 0 saturated heterocycles. The Kier molecular flexibility index (Phi) is 15.2. The molecule has 0 heterocycles. The highest BCUT2D eigenvalue weighted by Crippen LogP contribution is 2.09. The normalized spacial score (nSPS) is 14.4. The Morgan fingerprint density at radius 2 is 1.36 bits per heavy atom. The summed E-state index contributed by atoms with van der Waals surface area (Å²) in [5, 5.41) is 17.6. The second-order valence-electron chi connectivity index (χ2n) is 9.01. The Hall–Kier alpha value is -2.24. The minimum absolute atomic E-state index is 0.0509. The highest BCUT2D eigenvalue weighted by atomic mass is 32.2.